The summed E-state index contributed by atoms with van der Waals surface area (Å²) in [5, 5.41) is 6.55. The molecule has 0 amide bonds. The van der Waals surface area contributed by atoms with Crippen LogP contribution < -0.4 is 0 Å². The molecule has 0 aliphatic heterocycles. The Hall–Kier alpha value is -10.8. The topological polar surface area (TPSA) is 92.9 Å². The minimum absolute atomic E-state index is 0.754. The van der Waals surface area contributed by atoms with Gasteiger partial charge in [-0.25, -0.2) is 15.0 Å². The maximum atomic E-state index is 6.30. The minimum atomic E-state index is 0.754. The van der Waals surface area contributed by atoms with Crippen LogP contribution in [-0.2, 0) is 38.5 Å². The smallest absolute Gasteiger partial charge is 0.144 e. The van der Waals surface area contributed by atoms with Crippen LogP contribution >= 0.6 is 0 Å². The Balaban J connectivity index is 0.767. The van der Waals surface area contributed by atoms with E-state index in [2.05, 4.69) is 238 Å². The first-order valence-electron chi connectivity index (χ1n) is 31.3. The largest absolute Gasteiger partial charge is 0.456 e. The lowest BCUT2D eigenvalue weighted by atomic mass is 9.96. The molecule has 6 heterocycles. The van der Waals surface area contributed by atoms with Gasteiger partial charge in [-0.2, -0.15) is 0 Å². The van der Waals surface area contributed by atoms with E-state index in [0.717, 1.165) is 173 Å². The van der Waals surface area contributed by atoms with Crippen LogP contribution in [0.4, 0.5) is 0 Å². The van der Waals surface area contributed by atoms with E-state index < -0.39 is 0 Å². The van der Waals surface area contributed by atoms with Crippen molar-refractivity contribution < 1.29 is 13.3 Å². The van der Waals surface area contributed by atoms with Crippen molar-refractivity contribution in [2.24, 2.45) is 0 Å². The highest BCUT2D eigenvalue weighted by atomic mass is 16.3. The van der Waals surface area contributed by atoms with Crippen molar-refractivity contribution in [2.45, 2.75) is 80.1 Å². The molecule has 0 aliphatic rings. The first-order chi connectivity index (χ1) is 44.0. The third-order valence-corrected chi connectivity index (χ3v) is 18.3. The molecule has 0 saturated carbocycles. The maximum Gasteiger partial charge on any atom is 0.144 e. The van der Waals surface area contributed by atoms with Crippen LogP contribution in [0.15, 0.2) is 232 Å². The molecule has 0 aliphatic carbocycles. The highest BCUT2D eigenvalue weighted by Gasteiger charge is 2.22. The van der Waals surface area contributed by atoms with Crippen molar-refractivity contribution in [1.29, 1.82) is 0 Å². The Bertz CT molecular complexity index is 4870. The number of para-hydroxylation sites is 6. The molecule has 0 bridgehead atoms. The van der Waals surface area contributed by atoms with E-state index in [0.29, 0.717) is 0 Å². The van der Waals surface area contributed by atoms with E-state index in [1.807, 2.05) is 36.4 Å². The van der Waals surface area contributed by atoms with Crippen LogP contribution in [0, 0.1) is 41.5 Å². The van der Waals surface area contributed by atoms with Gasteiger partial charge in [0.2, 0.25) is 0 Å². The highest BCUT2D eigenvalue weighted by molar-refractivity contribution is 6.08. The van der Waals surface area contributed by atoms with Crippen molar-refractivity contribution >= 4 is 65.8 Å². The molecule has 0 N–H and O–H groups in total. The molecule has 16 aromatic rings. The zero-order chi connectivity index (χ0) is 60.7. The van der Waals surface area contributed by atoms with Crippen LogP contribution in [0.5, 0.6) is 0 Å². The lowest BCUT2D eigenvalue weighted by Gasteiger charge is -2.14. The van der Waals surface area contributed by atoms with Gasteiger partial charge in [-0.1, -0.05) is 127 Å². The molecule has 10 aromatic carbocycles. The molecule has 0 radical (unpaired) electrons. The number of fused-ring (bicyclic) bond motifs is 9. The number of furan rings is 3. The number of benzene rings is 10. The Morgan fingerprint density at radius 2 is 0.533 bits per heavy atom. The normalized spacial score (nSPS) is 11.9. The van der Waals surface area contributed by atoms with Gasteiger partial charge in [-0.15, -0.1) is 0 Å². The summed E-state index contributed by atoms with van der Waals surface area (Å²) in [6.07, 6.45) is 11.5. The lowest BCUT2D eigenvalue weighted by molar-refractivity contribution is 0.668. The Morgan fingerprint density at radius 1 is 0.267 bits per heavy atom. The van der Waals surface area contributed by atoms with Crippen molar-refractivity contribution in [3.8, 4) is 51.2 Å². The average molecular weight is 1170 g/mol. The SMILES string of the molecule is Cc1cccc(C)c1-n1cc(CCc2cc(CCc3cn(-c4c(C)cccc4C)c(-c4ccc5oc6ccccc6c5c4)n3)cc(CCc3cn(-c4c(C)cccc4C)c(-c4ccc5oc6ccccc6c5c4)n3)c2)nc1-c1ccc2oc3ccccc3c2c1. The molecule has 0 spiro atoms. The van der Waals surface area contributed by atoms with E-state index in [9.17, 15) is 0 Å². The summed E-state index contributed by atoms with van der Waals surface area (Å²) >= 11 is 0. The van der Waals surface area contributed by atoms with Gasteiger partial charge in [0.15, 0.2) is 0 Å². The van der Waals surface area contributed by atoms with Gasteiger partial charge in [-0.05, 0) is 203 Å². The van der Waals surface area contributed by atoms with E-state index >= 15 is 0 Å². The molecule has 6 aromatic heterocycles. The predicted molar refractivity (Wildman–Crippen MR) is 366 cm³/mol. The molecule has 438 valence electrons. The molecule has 0 unspecified atom stereocenters. The fourth-order valence-electron chi connectivity index (χ4n) is 14.0. The van der Waals surface area contributed by atoms with Crippen LogP contribution in [0.2, 0.25) is 0 Å². The maximum absolute atomic E-state index is 6.30. The Kier molecular flexibility index (Phi) is 13.4. The zero-order valence-electron chi connectivity index (χ0n) is 51.4. The molecular weight excluding hydrogens is 1100 g/mol. The fourth-order valence-corrected chi connectivity index (χ4v) is 14.0. The summed E-state index contributed by atoms with van der Waals surface area (Å²) in [7, 11) is 0. The molecule has 16 rings (SSSR count). The summed E-state index contributed by atoms with van der Waals surface area (Å²) in [4.78, 5) is 16.6. The summed E-state index contributed by atoms with van der Waals surface area (Å²) < 4.78 is 25.8. The summed E-state index contributed by atoms with van der Waals surface area (Å²) in [5.74, 6) is 2.75. The van der Waals surface area contributed by atoms with Crippen LogP contribution in [0.25, 0.3) is 117 Å². The number of imidazole rings is 3. The Morgan fingerprint density at radius 3 is 0.822 bits per heavy atom. The summed E-state index contributed by atoms with van der Waals surface area (Å²) in [5.41, 5.74) is 26.0. The third kappa shape index (κ3) is 9.78. The molecule has 9 heteroatoms. The number of hydrogen-bond donors (Lipinski definition) is 0. The van der Waals surface area contributed by atoms with Gasteiger partial charge in [0.05, 0.1) is 34.1 Å². The van der Waals surface area contributed by atoms with Gasteiger partial charge in [-0.3, -0.25) is 13.7 Å². The number of aromatic nitrogens is 6. The molecule has 0 atom stereocenters. The third-order valence-electron chi connectivity index (χ3n) is 18.3. The number of aryl methyl sites for hydroxylation is 12. The van der Waals surface area contributed by atoms with Crippen molar-refractivity contribution in [1.82, 2.24) is 28.7 Å². The van der Waals surface area contributed by atoms with Gasteiger partial charge in [0.25, 0.3) is 0 Å². The van der Waals surface area contributed by atoms with E-state index in [1.165, 1.54) is 50.1 Å². The number of hydrogen-bond acceptors (Lipinski definition) is 6. The van der Waals surface area contributed by atoms with Gasteiger partial charge >= 0.3 is 0 Å². The second kappa shape index (κ2) is 22.1. The second-order valence-electron chi connectivity index (χ2n) is 24.6. The minimum Gasteiger partial charge on any atom is -0.456 e. The van der Waals surface area contributed by atoms with Crippen LogP contribution in [0.1, 0.15) is 67.2 Å². The van der Waals surface area contributed by atoms with Crippen molar-refractivity contribution in [2.75, 3.05) is 0 Å². The predicted octanol–water partition coefficient (Wildman–Crippen LogP) is 20.1. The summed E-state index contributed by atoms with van der Waals surface area (Å²) in [6, 6.07) is 71.1. The summed E-state index contributed by atoms with van der Waals surface area (Å²) in [6.45, 7) is 13.2. The van der Waals surface area contributed by atoms with Crippen molar-refractivity contribution in [3.05, 3.63) is 286 Å². The average Bonchev–Trinajstić information content (AvgIpc) is 1.76. The lowest BCUT2D eigenvalue weighted by Crippen LogP contribution is -2.01. The molecule has 0 fully saturated rings. The molecular formula is C81H66N6O3. The second-order valence-corrected chi connectivity index (χ2v) is 24.6. The van der Waals surface area contributed by atoms with Crippen LogP contribution in [-0.4, -0.2) is 28.7 Å². The van der Waals surface area contributed by atoms with E-state index in [4.69, 9.17) is 28.2 Å². The quantitative estimate of drug-likeness (QED) is 0.102. The number of rotatable bonds is 15. The van der Waals surface area contributed by atoms with Crippen molar-refractivity contribution in [3.63, 3.8) is 0 Å². The fraction of sp³-hybridized carbons (Fsp3) is 0.148. The van der Waals surface area contributed by atoms with E-state index in [1.54, 1.807) is 0 Å². The standard InChI is InChI=1S/C81H66N6O3/c1-49-16-13-17-50(2)76(49)85-46-61(82-79(85)58-31-37-73-67(43-58)64-22-7-10-25-70(64)88-73)34-28-55-40-56(29-35-62-47-86(77-51(3)18-14-19-52(77)4)80(83-62)59-32-38-74-68(44-59)65-23-8-11-26-71(65)89-74)42-57(41-55)30-36-63-48-87(78-53(5)20-15-21-54(78)6)81(84-63)60-33-39-75-69(45-60)66-24-9-12-27-72(66)90-75/h7-27,31-33,37-48H,28-30,34-36H2,1-6H3. The van der Waals surface area contributed by atoms with Gasteiger partial charge < -0.3 is 13.3 Å². The van der Waals surface area contributed by atoms with Crippen LogP contribution in [0.3, 0.4) is 0 Å². The van der Waals surface area contributed by atoms with Gasteiger partial charge in [0, 0.05) is 67.6 Å². The highest BCUT2D eigenvalue weighted by Crippen LogP contribution is 2.39. The molecule has 9 nitrogen and oxygen atoms in total. The first-order valence-corrected chi connectivity index (χ1v) is 31.3. The monoisotopic (exact) mass is 1170 g/mol. The Labute approximate surface area is 522 Å². The molecule has 0 saturated heterocycles. The number of nitrogens with zero attached hydrogens (tertiary/aromatic N) is 6. The first kappa shape index (κ1) is 54.6. The molecule has 90 heavy (non-hydrogen) atoms. The van der Waals surface area contributed by atoms with Gasteiger partial charge in [0.1, 0.15) is 51.0 Å². The van der Waals surface area contributed by atoms with E-state index in [-0.39, 0.29) is 0 Å². The zero-order valence-corrected chi connectivity index (χ0v) is 51.4.